The molecule has 0 aromatic heterocycles. The molecule has 0 saturated heterocycles. The van der Waals surface area contributed by atoms with Crippen LogP contribution >= 0.6 is 0 Å². The van der Waals surface area contributed by atoms with Crippen LogP contribution < -0.4 is 10.1 Å². The van der Waals surface area contributed by atoms with Crippen molar-refractivity contribution in [2.75, 3.05) is 0 Å². The summed E-state index contributed by atoms with van der Waals surface area (Å²) in [7, 11) is 0. The number of benzene rings is 1. The van der Waals surface area contributed by atoms with Crippen LogP contribution in [0, 0.1) is 0 Å². The molecule has 0 spiro atoms. The predicted octanol–water partition coefficient (Wildman–Crippen LogP) is 2.81. The number of aliphatic hydroxyl groups is 1. The van der Waals surface area contributed by atoms with Crippen LogP contribution in [-0.2, 0) is 4.79 Å². The second-order valence-corrected chi connectivity index (χ2v) is 5.17. The van der Waals surface area contributed by atoms with Gasteiger partial charge < -0.3 is 15.2 Å². The standard InChI is InChI=1S/C16H25NO3/c1-5-8-11(2)17-16(19)13(4)20-15-10-7-6-9-14(15)12(3)18/h6-7,9-13,18H,5,8H2,1-4H3,(H,17,19)/t11?,12-,13?/m1/s1. The van der Waals surface area contributed by atoms with Gasteiger partial charge in [0, 0.05) is 11.6 Å². The summed E-state index contributed by atoms with van der Waals surface area (Å²) in [4.78, 5) is 12.0. The summed E-state index contributed by atoms with van der Waals surface area (Å²) in [5.74, 6) is 0.416. The Kier molecular flexibility index (Phi) is 6.52. The van der Waals surface area contributed by atoms with Gasteiger partial charge in [0.15, 0.2) is 6.10 Å². The smallest absolute Gasteiger partial charge is 0.260 e. The molecular formula is C16H25NO3. The van der Waals surface area contributed by atoms with Crippen molar-refractivity contribution in [3.05, 3.63) is 29.8 Å². The second-order valence-electron chi connectivity index (χ2n) is 5.17. The van der Waals surface area contributed by atoms with Gasteiger partial charge in [0.2, 0.25) is 0 Å². The number of carbonyl (C=O) groups is 1. The van der Waals surface area contributed by atoms with Crippen molar-refractivity contribution < 1.29 is 14.6 Å². The molecule has 0 radical (unpaired) electrons. The van der Waals surface area contributed by atoms with Crippen LogP contribution in [-0.4, -0.2) is 23.2 Å². The predicted molar refractivity (Wildman–Crippen MR) is 79.7 cm³/mol. The Balaban J connectivity index is 2.66. The number of para-hydroxylation sites is 1. The Labute approximate surface area is 121 Å². The summed E-state index contributed by atoms with van der Waals surface area (Å²) in [5.41, 5.74) is 0.689. The van der Waals surface area contributed by atoms with E-state index in [1.807, 2.05) is 19.1 Å². The fourth-order valence-electron chi connectivity index (χ4n) is 2.04. The lowest BCUT2D eigenvalue weighted by Gasteiger charge is -2.20. The summed E-state index contributed by atoms with van der Waals surface area (Å²) in [5, 5.41) is 12.6. The maximum Gasteiger partial charge on any atom is 0.260 e. The molecule has 1 aromatic rings. The fourth-order valence-corrected chi connectivity index (χ4v) is 2.04. The van der Waals surface area contributed by atoms with E-state index in [4.69, 9.17) is 4.74 Å². The molecule has 2 N–H and O–H groups in total. The molecule has 3 atom stereocenters. The molecule has 4 nitrogen and oxygen atoms in total. The van der Waals surface area contributed by atoms with Crippen LogP contribution in [0.5, 0.6) is 5.75 Å². The number of carbonyl (C=O) groups excluding carboxylic acids is 1. The van der Waals surface area contributed by atoms with E-state index in [0.717, 1.165) is 12.8 Å². The van der Waals surface area contributed by atoms with Gasteiger partial charge in [0.25, 0.3) is 5.91 Å². The Morgan fingerprint density at radius 3 is 2.55 bits per heavy atom. The Morgan fingerprint density at radius 2 is 1.95 bits per heavy atom. The molecule has 0 fully saturated rings. The summed E-state index contributed by atoms with van der Waals surface area (Å²) in [6.07, 6.45) is 0.763. The van der Waals surface area contributed by atoms with E-state index in [1.165, 1.54) is 0 Å². The van der Waals surface area contributed by atoms with Gasteiger partial charge in [-0.25, -0.2) is 0 Å². The zero-order chi connectivity index (χ0) is 15.1. The van der Waals surface area contributed by atoms with Crippen molar-refractivity contribution in [2.24, 2.45) is 0 Å². The molecule has 0 bridgehead atoms. The van der Waals surface area contributed by atoms with E-state index in [0.29, 0.717) is 11.3 Å². The average Bonchev–Trinajstić information content (AvgIpc) is 2.39. The summed E-state index contributed by atoms with van der Waals surface area (Å²) < 4.78 is 5.68. The van der Waals surface area contributed by atoms with Crippen molar-refractivity contribution >= 4 is 5.91 Å². The maximum absolute atomic E-state index is 12.0. The van der Waals surface area contributed by atoms with E-state index in [1.54, 1.807) is 26.0 Å². The van der Waals surface area contributed by atoms with Crippen molar-refractivity contribution in [2.45, 2.75) is 58.8 Å². The van der Waals surface area contributed by atoms with Crippen LogP contribution in [0.3, 0.4) is 0 Å². The molecule has 0 heterocycles. The number of nitrogens with one attached hydrogen (secondary N) is 1. The molecule has 0 aliphatic carbocycles. The number of hydrogen-bond donors (Lipinski definition) is 2. The third-order valence-corrected chi connectivity index (χ3v) is 3.15. The van der Waals surface area contributed by atoms with E-state index in [-0.39, 0.29) is 11.9 Å². The molecule has 1 amide bonds. The van der Waals surface area contributed by atoms with Crippen LogP contribution in [0.2, 0.25) is 0 Å². The molecule has 2 unspecified atom stereocenters. The average molecular weight is 279 g/mol. The lowest BCUT2D eigenvalue weighted by Crippen LogP contribution is -2.41. The molecule has 0 aliphatic heterocycles. The van der Waals surface area contributed by atoms with Crippen LogP contribution in [0.25, 0.3) is 0 Å². The summed E-state index contributed by atoms with van der Waals surface area (Å²) in [6.45, 7) is 7.46. The first-order chi connectivity index (χ1) is 9.45. The van der Waals surface area contributed by atoms with Gasteiger partial charge in [-0.2, -0.15) is 0 Å². The monoisotopic (exact) mass is 279 g/mol. The summed E-state index contributed by atoms with van der Waals surface area (Å²) >= 11 is 0. The zero-order valence-electron chi connectivity index (χ0n) is 12.7. The fraction of sp³-hybridized carbons (Fsp3) is 0.562. The van der Waals surface area contributed by atoms with Crippen LogP contribution in [0.4, 0.5) is 0 Å². The molecule has 20 heavy (non-hydrogen) atoms. The van der Waals surface area contributed by atoms with Crippen LogP contribution in [0.15, 0.2) is 24.3 Å². The van der Waals surface area contributed by atoms with E-state index < -0.39 is 12.2 Å². The highest BCUT2D eigenvalue weighted by Gasteiger charge is 2.18. The second kappa shape index (κ2) is 7.90. The number of rotatable bonds is 7. The summed E-state index contributed by atoms with van der Waals surface area (Å²) in [6, 6.07) is 7.37. The molecule has 1 rings (SSSR count). The lowest BCUT2D eigenvalue weighted by molar-refractivity contribution is -0.128. The van der Waals surface area contributed by atoms with Gasteiger partial charge in [-0.1, -0.05) is 31.5 Å². The van der Waals surface area contributed by atoms with Gasteiger partial charge in [-0.05, 0) is 33.3 Å². The van der Waals surface area contributed by atoms with E-state index in [9.17, 15) is 9.90 Å². The Hall–Kier alpha value is -1.55. The minimum absolute atomic E-state index is 0.133. The quantitative estimate of drug-likeness (QED) is 0.807. The van der Waals surface area contributed by atoms with Crippen LogP contribution in [0.1, 0.15) is 52.2 Å². The normalized spacial score (nSPS) is 15.2. The van der Waals surface area contributed by atoms with Gasteiger partial charge in [-0.3, -0.25) is 4.79 Å². The topological polar surface area (TPSA) is 58.6 Å². The lowest BCUT2D eigenvalue weighted by atomic mass is 10.1. The highest BCUT2D eigenvalue weighted by Crippen LogP contribution is 2.25. The first-order valence-electron chi connectivity index (χ1n) is 7.19. The SMILES string of the molecule is CCCC(C)NC(=O)C(C)Oc1ccccc1[C@@H](C)O. The largest absolute Gasteiger partial charge is 0.481 e. The highest BCUT2D eigenvalue weighted by molar-refractivity contribution is 5.81. The molecule has 112 valence electrons. The number of ether oxygens (including phenoxy) is 1. The minimum Gasteiger partial charge on any atom is -0.481 e. The first-order valence-corrected chi connectivity index (χ1v) is 7.19. The third-order valence-electron chi connectivity index (χ3n) is 3.15. The number of hydrogen-bond acceptors (Lipinski definition) is 3. The first kappa shape index (κ1) is 16.5. The molecule has 4 heteroatoms. The van der Waals surface area contributed by atoms with Crippen molar-refractivity contribution in [1.29, 1.82) is 0 Å². The van der Waals surface area contributed by atoms with Gasteiger partial charge in [0.1, 0.15) is 5.75 Å². The zero-order valence-corrected chi connectivity index (χ0v) is 12.7. The van der Waals surface area contributed by atoms with Gasteiger partial charge in [0.05, 0.1) is 6.10 Å². The van der Waals surface area contributed by atoms with Crippen molar-refractivity contribution in [3.8, 4) is 5.75 Å². The van der Waals surface area contributed by atoms with Gasteiger partial charge >= 0.3 is 0 Å². The van der Waals surface area contributed by atoms with E-state index >= 15 is 0 Å². The van der Waals surface area contributed by atoms with E-state index in [2.05, 4.69) is 12.2 Å². The minimum atomic E-state index is -0.625. The Morgan fingerprint density at radius 1 is 1.30 bits per heavy atom. The highest BCUT2D eigenvalue weighted by atomic mass is 16.5. The maximum atomic E-state index is 12.0. The molecule has 1 aromatic carbocycles. The molecule has 0 saturated carbocycles. The molecular weight excluding hydrogens is 254 g/mol. The number of amides is 1. The molecule has 0 aliphatic rings. The van der Waals surface area contributed by atoms with Crippen molar-refractivity contribution in [3.63, 3.8) is 0 Å². The van der Waals surface area contributed by atoms with Gasteiger partial charge in [-0.15, -0.1) is 0 Å². The van der Waals surface area contributed by atoms with Crippen molar-refractivity contribution in [1.82, 2.24) is 5.32 Å². The Bertz CT molecular complexity index is 431. The third kappa shape index (κ3) is 4.85. The number of aliphatic hydroxyl groups excluding tert-OH is 1.